The number of hydrogen-bond donors (Lipinski definition) is 2. The van der Waals surface area contributed by atoms with Gasteiger partial charge in [0, 0.05) is 0 Å². The highest BCUT2D eigenvalue weighted by Crippen LogP contribution is 2.18. The molecule has 1 aromatic rings. The highest BCUT2D eigenvalue weighted by molar-refractivity contribution is 5.79. The number of carbonyl (C=O) groups excluding carboxylic acids is 2. The SMILES string of the molecule is CCc1ccc([C@H](O)[C@H](NC(=O)OC(C)(C)C)C(=O)[O-])cc1. The van der Waals surface area contributed by atoms with Crippen molar-refractivity contribution in [3.05, 3.63) is 35.4 Å². The average Bonchev–Trinajstić information content (AvgIpc) is 2.42. The van der Waals surface area contributed by atoms with Crippen molar-refractivity contribution in [2.75, 3.05) is 0 Å². The smallest absolute Gasteiger partial charge is 0.408 e. The van der Waals surface area contributed by atoms with E-state index < -0.39 is 29.8 Å². The maximum Gasteiger partial charge on any atom is 0.408 e. The van der Waals surface area contributed by atoms with Gasteiger partial charge in [-0.25, -0.2) is 4.79 Å². The Morgan fingerprint density at radius 3 is 2.23 bits per heavy atom. The fraction of sp³-hybridized carbons (Fsp3) is 0.500. The average molecular weight is 308 g/mol. The molecule has 0 saturated carbocycles. The second-order valence-electron chi connectivity index (χ2n) is 5.98. The van der Waals surface area contributed by atoms with Gasteiger partial charge in [-0.15, -0.1) is 0 Å². The number of carboxylic acids is 1. The molecule has 6 heteroatoms. The van der Waals surface area contributed by atoms with Crippen LogP contribution in [-0.2, 0) is 16.0 Å². The molecule has 0 spiro atoms. The van der Waals surface area contributed by atoms with Crippen LogP contribution in [0.1, 0.15) is 44.9 Å². The fourth-order valence-corrected chi connectivity index (χ4v) is 1.84. The Balaban J connectivity index is 2.85. The second kappa shape index (κ2) is 7.26. The molecule has 22 heavy (non-hydrogen) atoms. The molecule has 1 amide bonds. The number of aliphatic hydroxyl groups is 1. The summed E-state index contributed by atoms with van der Waals surface area (Å²) in [4.78, 5) is 22.9. The standard InChI is InChI=1S/C16H23NO5/c1-5-10-6-8-11(9-7-10)13(18)12(14(19)20)17-15(21)22-16(2,3)4/h6-9,12-13,18H,5H2,1-4H3,(H,17,21)(H,19,20)/p-1/t12-,13-/m0/s1. The van der Waals surface area contributed by atoms with Crippen LogP contribution in [0.5, 0.6) is 0 Å². The van der Waals surface area contributed by atoms with Crippen LogP contribution in [0, 0.1) is 0 Å². The molecule has 1 aromatic carbocycles. The van der Waals surface area contributed by atoms with E-state index in [1.54, 1.807) is 45.0 Å². The molecule has 0 saturated heterocycles. The summed E-state index contributed by atoms with van der Waals surface area (Å²) in [6, 6.07) is 5.23. The van der Waals surface area contributed by atoms with Gasteiger partial charge < -0.3 is 25.1 Å². The number of benzene rings is 1. The molecule has 0 radical (unpaired) electrons. The van der Waals surface area contributed by atoms with Crippen LogP contribution in [0.15, 0.2) is 24.3 Å². The number of rotatable bonds is 5. The van der Waals surface area contributed by atoms with E-state index in [2.05, 4.69) is 5.32 Å². The van der Waals surface area contributed by atoms with Crippen molar-refractivity contribution < 1.29 is 24.5 Å². The maximum absolute atomic E-state index is 11.7. The van der Waals surface area contributed by atoms with Gasteiger partial charge in [-0.2, -0.15) is 0 Å². The van der Waals surface area contributed by atoms with Crippen molar-refractivity contribution in [3.8, 4) is 0 Å². The van der Waals surface area contributed by atoms with Gasteiger partial charge in [0.1, 0.15) is 17.7 Å². The van der Waals surface area contributed by atoms with Crippen LogP contribution in [0.25, 0.3) is 0 Å². The topological polar surface area (TPSA) is 98.7 Å². The Morgan fingerprint density at radius 1 is 1.27 bits per heavy atom. The van der Waals surface area contributed by atoms with E-state index in [1.165, 1.54) is 0 Å². The van der Waals surface area contributed by atoms with Crippen molar-refractivity contribution in [3.63, 3.8) is 0 Å². The van der Waals surface area contributed by atoms with Gasteiger partial charge in [0.25, 0.3) is 0 Å². The monoisotopic (exact) mass is 308 g/mol. The Hall–Kier alpha value is -2.08. The van der Waals surface area contributed by atoms with Gasteiger partial charge >= 0.3 is 6.09 Å². The molecular weight excluding hydrogens is 286 g/mol. The minimum Gasteiger partial charge on any atom is -0.548 e. The van der Waals surface area contributed by atoms with Crippen molar-refractivity contribution in [1.82, 2.24) is 5.32 Å². The molecule has 0 fully saturated rings. The summed E-state index contributed by atoms with van der Waals surface area (Å²) in [6.07, 6.45) is -1.52. The minimum absolute atomic E-state index is 0.377. The lowest BCUT2D eigenvalue weighted by atomic mass is 10.0. The van der Waals surface area contributed by atoms with E-state index in [9.17, 15) is 19.8 Å². The molecule has 2 atom stereocenters. The van der Waals surface area contributed by atoms with Gasteiger partial charge in [0.2, 0.25) is 0 Å². The third-order valence-corrected chi connectivity index (χ3v) is 2.97. The van der Waals surface area contributed by atoms with Gasteiger partial charge in [-0.3, -0.25) is 0 Å². The summed E-state index contributed by atoms with van der Waals surface area (Å²) in [6.45, 7) is 6.95. The number of carbonyl (C=O) groups is 2. The zero-order valence-electron chi connectivity index (χ0n) is 13.3. The van der Waals surface area contributed by atoms with Crippen LogP contribution in [0.3, 0.4) is 0 Å². The van der Waals surface area contributed by atoms with E-state index in [-0.39, 0.29) is 0 Å². The molecule has 0 heterocycles. The first-order chi connectivity index (χ1) is 10.1. The first-order valence-electron chi connectivity index (χ1n) is 7.11. The fourth-order valence-electron chi connectivity index (χ4n) is 1.84. The lowest BCUT2D eigenvalue weighted by molar-refractivity contribution is -0.310. The zero-order chi connectivity index (χ0) is 16.9. The lowest BCUT2D eigenvalue weighted by Crippen LogP contribution is -2.52. The number of amides is 1. The molecule has 122 valence electrons. The largest absolute Gasteiger partial charge is 0.548 e. The number of aliphatic carboxylic acids is 1. The molecule has 0 bridgehead atoms. The molecular formula is C16H22NO5-. The molecule has 2 N–H and O–H groups in total. The zero-order valence-corrected chi connectivity index (χ0v) is 13.3. The summed E-state index contributed by atoms with van der Waals surface area (Å²) >= 11 is 0. The summed E-state index contributed by atoms with van der Waals surface area (Å²) in [7, 11) is 0. The highest BCUT2D eigenvalue weighted by Gasteiger charge is 2.26. The summed E-state index contributed by atoms with van der Waals surface area (Å²) in [5.74, 6) is -1.59. The molecule has 1 rings (SSSR count). The first-order valence-corrected chi connectivity index (χ1v) is 7.11. The molecule has 0 aliphatic rings. The number of alkyl carbamates (subject to hydrolysis) is 1. The quantitative estimate of drug-likeness (QED) is 0.843. The van der Waals surface area contributed by atoms with Crippen molar-refractivity contribution in [2.45, 2.75) is 51.9 Å². The summed E-state index contributed by atoms with van der Waals surface area (Å²) in [5, 5.41) is 23.5. The van der Waals surface area contributed by atoms with E-state index in [1.807, 2.05) is 6.92 Å². The van der Waals surface area contributed by atoms with E-state index in [4.69, 9.17) is 4.74 Å². The third kappa shape index (κ3) is 5.37. The summed E-state index contributed by atoms with van der Waals surface area (Å²) < 4.78 is 4.99. The van der Waals surface area contributed by atoms with Crippen LogP contribution in [-0.4, -0.2) is 28.8 Å². The highest BCUT2D eigenvalue weighted by atomic mass is 16.6. The number of aryl methyl sites for hydroxylation is 1. The second-order valence-corrected chi connectivity index (χ2v) is 5.98. The molecule has 0 unspecified atom stereocenters. The molecule has 0 aliphatic carbocycles. The maximum atomic E-state index is 11.7. The third-order valence-electron chi connectivity index (χ3n) is 2.97. The van der Waals surface area contributed by atoms with Gasteiger partial charge in [-0.1, -0.05) is 31.2 Å². The van der Waals surface area contributed by atoms with E-state index in [0.29, 0.717) is 5.56 Å². The Kier molecular flexibility index (Phi) is 5.93. The van der Waals surface area contributed by atoms with Crippen molar-refractivity contribution >= 4 is 12.1 Å². The number of carboxylic acid groups (broad SMARTS) is 1. The van der Waals surface area contributed by atoms with Crippen molar-refractivity contribution in [2.24, 2.45) is 0 Å². The predicted molar refractivity (Wildman–Crippen MR) is 78.9 cm³/mol. The van der Waals surface area contributed by atoms with Crippen LogP contribution in [0.4, 0.5) is 4.79 Å². The van der Waals surface area contributed by atoms with Gasteiger partial charge in [0.05, 0.1) is 5.97 Å². The Morgan fingerprint density at radius 2 is 1.82 bits per heavy atom. The van der Waals surface area contributed by atoms with E-state index in [0.717, 1.165) is 12.0 Å². The van der Waals surface area contributed by atoms with Crippen LogP contribution >= 0.6 is 0 Å². The summed E-state index contributed by atoms with van der Waals surface area (Å²) in [5.41, 5.74) is 0.664. The minimum atomic E-state index is -1.60. The lowest BCUT2D eigenvalue weighted by Gasteiger charge is -2.27. The first kappa shape index (κ1) is 18.0. The van der Waals surface area contributed by atoms with Gasteiger partial charge in [0.15, 0.2) is 0 Å². The van der Waals surface area contributed by atoms with Crippen LogP contribution in [0.2, 0.25) is 0 Å². The molecule has 0 aromatic heterocycles. The molecule has 0 aliphatic heterocycles. The Labute approximate surface area is 130 Å². The van der Waals surface area contributed by atoms with Crippen LogP contribution < -0.4 is 10.4 Å². The van der Waals surface area contributed by atoms with Crippen molar-refractivity contribution in [1.29, 1.82) is 0 Å². The predicted octanol–water partition coefficient (Wildman–Crippen LogP) is 0.926. The Bertz CT molecular complexity index is 518. The van der Waals surface area contributed by atoms with Gasteiger partial charge in [-0.05, 0) is 38.3 Å². The normalized spacial score (nSPS) is 14.0. The number of hydrogen-bond acceptors (Lipinski definition) is 5. The van der Waals surface area contributed by atoms with E-state index >= 15 is 0 Å². The molecule has 6 nitrogen and oxygen atoms in total. The number of aliphatic hydroxyl groups excluding tert-OH is 1. The number of ether oxygens (including phenoxy) is 1. The number of nitrogens with one attached hydrogen (secondary N) is 1.